The zero-order chi connectivity index (χ0) is 13.1. The normalized spacial score (nSPS) is 16.8. The molecule has 1 aromatic heterocycles. The van der Waals surface area contributed by atoms with Gasteiger partial charge >= 0.3 is 5.97 Å². The number of carboxylic acid groups (broad SMARTS) is 1. The number of ether oxygens (including phenoxy) is 1. The smallest absolute Gasteiger partial charge is 0.347 e. The highest BCUT2D eigenvalue weighted by molar-refractivity contribution is 7.17. The summed E-state index contributed by atoms with van der Waals surface area (Å²) < 4.78 is 5.34. The molecule has 0 bridgehead atoms. The van der Waals surface area contributed by atoms with E-state index in [1.165, 1.54) is 11.3 Å². The number of aromatic nitrogens is 1. The van der Waals surface area contributed by atoms with Gasteiger partial charge in [-0.05, 0) is 19.3 Å². The van der Waals surface area contributed by atoms with E-state index in [1.807, 2.05) is 14.0 Å². The lowest BCUT2D eigenvalue weighted by Gasteiger charge is -2.30. The van der Waals surface area contributed by atoms with Gasteiger partial charge in [-0.1, -0.05) is 18.3 Å². The van der Waals surface area contributed by atoms with Gasteiger partial charge in [0.1, 0.15) is 4.88 Å². The zero-order valence-electron chi connectivity index (χ0n) is 10.7. The maximum absolute atomic E-state index is 11.1. The lowest BCUT2D eigenvalue weighted by molar-refractivity contribution is 0.0700. The lowest BCUT2D eigenvalue weighted by Crippen LogP contribution is -2.36. The second-order valence-electron chi connectivity index (χ2n) is 4.39. The molecule has 1 aliphatic heterocycles. The van der Waals surface area contributed by atoms with E-state index in [0.29, 0.717) is 23.0 Å². The average molecular weight is 270 g/mol. The van der Waals surface area contributed by atoms with Gasteiger partial charge < -0.3 is 14.7 Å². The molecule has 1 N–H and O–H groups in total. The van der Waals surface area contributed by atoms with E-state index in [2.05, 4.69) is 9.88 Å². The summed E-state index contributed by atoms with van der Waals surface area (Å²) in [5.74, 6) is -0.879. The molecule has 1 fully saturated rings. The number of rotatable bonds is 4. The van der Waals surface area contributed by atoms with Crippen LogP contribution < -0.4 is 4.90 Å². The Morgan fingerprint density at radius 3 is 2.72 bits per heavy atom. The monoisotopic (exact) mass is 270 g/mol. The van der Waals surface area contributed by atoms with Crippen molar-refractivity contribution in [2.24, 2.45) is 0 Å². The number of thiazole rings is 1. The first-order valence-corrected chi connectivity index (χ1v) is 6.98. The molecule has 0 unspecified atom stereocenters. The van der Waals surface area contributed by atoms with Gasteiger partial charge in [0.25, 0.3) is 0 Å². The summed E-state index contributed by atoms with van der Waals surface area (Å²) in [5.41, 5.74) is 0.682. The van der Waals surface area contributed by atoms with Crippen molar-refractivity contribution in [1.29, 1.82) is 0 Å². The Labute approximate surface area is 110 Å². The van der Waals surface area contributed by atoms with Crippen molar-refractivity contribution in [3.05, 3.63) is 10.6 Å². The van der Waals surface area contributed by atoms with Gasteiger partial charge in [-0.25, -0.2) is 9.78 Å². The fourth-order valence-corrected chi connectivity index (χ4v) is 3.15. The van der Waals surface area contributed by atoms with Crippen molar-refractivity contribution in [2.45, 2.75) is 32.2 Å². The minimum atomic E-state index is -0.879. The molecule has 0 spiro atoms. The molecular weight excluding hydrogens is 252 g/mol. The van der Waals surface area contributed by atoms with E-state index in [0.717, 1.165) is 31.2 Å². The number of hydrogen-bond donors (Lipinski definition) is 1. The minimum Gasteiger partial charge on any atom is -0.477 e. The standard InChI is InChI=1S/C12H18N2O3S/c1-3-9-10(11(15)16)18-12(13-9)14(2)8-4-6-17-7-5-8/h8H,3-7H2,1-2H3,(H,15,16). The van der Waals surface area contributed by atoms with Crippen LogP contribution in [-0.2, 0) is 11.2 Å². The molecule has 1 aliphatic rings. The van der Waals surface area contributed by atoms with Crippen molar-refractivity contribution in [3.8, 4) is 0 Å². The molecule has 100 valence electrons. The van der Waals surface area contributed by atoms with Crippen LogP contribution in [0.25, 0.3) is 0 Å². The molecule has 2 heterocycles. The number of carboxylic acids is 1. The van der Waals surface area contributed by atoms with Crippen LogP contribution in [-0.4, -0.2) is 42.4 Å². The summed E-state index contributed by atoms with van der Waals surface area (Å²) in [6.07, 6.45) is 2.60. The topological polar surface area (TPSA) is 62.7 Å². The third-order valence-electron chi connectivity index (χ3n) is 3.26. The van der Waals surface area contributed by atoms with Gasteiger partial charge in [0.05, 0.1) is 5.69 Å². The van der Waals surface area contributed by atoms with Crippen molar-refractivity contribution in [1.82, 2.24) is 4.98 Å². The molecule has 1 saturated heterocycles. The Morgan fingerprint density at radius 1 is 1.56 bits per heavy atom. The number of carbonyl (C=O) groups is 1. The van der Waals surface area contributed by atoms with E-state index in [-0.39, 0.29) is 0 Å². The molecule has 18 heavy (non-hydrogen) atoms. The fourth-order valence-electron chi connectivity index (χ4n) is 2.13. The highest BCUT2D eigenvalue weighted by atomic mass is 32.1. The predicted molar refractivity (Wildman–Crippen MR) is 70.7 cm³/mol. The number of aryl methyl sites for hydroxylation is 1. The number of hydrogen-bond acceptors (Lipinski definition) is 5. The quantitative estimate of drug-likeness (QED) is 0.907. The van der Waals surface area contributed by atoms with E-state index in [4.69, 9.17) is 9.84 Å². The SMILES string of the molecule is CCc1nc(N(C)C2CCOCC2)sc1C(=O)O. The Kier molecular flexibility index (Phi) is 4.19. The van der Waals surface area contributed by atoms with E-state index in [9.17, 15) is 4.79 Å². The van der Waals surface area contributed by atoms with Crippen LogP contribution in [0.5, 0.6) is 0 Å². The van der Waals surface area contributed by atoms with Crippen molar-refractivity contribution in [3.63, 3.8) is 0 Å². The molecule has 5 nitrogen and oxygen atoms in total. The van der Waals surface area contributed by atoms with Crippen LogP contribution in [0.3, 0.4) is 0 Å². The molecule has 0 aromatic carbocycles. The lowest BCUT2D eigenvalue weighted by atomic mass is 10.1. The van der Waals surface area contributed by atoms with Gasteiger partial charge in [-0.3, -0.25) is 0 Å². The summed E-state index contributed by atoms with van der Waals surface area (Å²) in [5, 5.41) is 9.94. The Hall–Kier alpha value is -1.14. The fraction of sp³-hybridized carbons (Fsp3) is 0.667. The first-order chi connectivity index (χ1) is 8.63. The first-order valence-electron chi connectivity index (χ1n) is 6.17. The van der Waals surface area contributed by atoms with E-state index < -0.39 is 5.97 Å². The van der Waals surface area contributed by atoms with Crippen LogP contribution in [0.1, 0.15) is 35.1 Å². The molecule has 0 atom stereocenters. The van der Waals surface area contributed by atoms with Gasteiger partial charge in [0.15, 0.2) is 5.13 Å². The summed E-state index contributed by atoms with van der Waals surface area (Å²) in [6.45, 7) is 3.47. The highest BCUT2D eigenvalue weighted by Gasteiger charge is 2.23. The van der Waals surface area contributed by atoms with Crippen LogP contribution >= 0.6 is 11.3 Å². The molecule has 0 saturated carbocycles. The molecule has 6 heteroatoms. The third-order valence-corrected chi connectivity index (χ3v) is 4.43. The number of anilines is 1. The van der Waals surface area contributed by atoms with Crippen molar-refractivity contribution in [2.75, 3.05) is 25.2 Å². The first kappa shape index (κ1) is 13.3. The second kappa shape index (κ2) is 5.67. The Morgan fingerprint density at radius 2 is 2.22 bits per heavy atom. The molecule has 2 rings (SSSR count). The van der Waals surface area contributed by atoms with Gasteiger partial charge in [-0.15, -0.1) is 0 Å². The molecular formula is C12H18N2O3S. The predicted octanol–water partition coefficient (Wildman–Crippen LogP) is 2.02. The van der Waals surface area contributed by atoms with Crippen LogP contribution in [0, 0.1) is 0 Å². The minimum absolute atomic E-state index is 0.367. The Bertz CT molecular complexity index is 427. The third kappa shape index (κ3) is 2.64. The maximum atomic E-state index is 11.1. The van der Waals surface area contributed by atoms with Crippen LogP contribution in [0.4, 0.5) is 5.13 Å². The molecule has 1 aromatic rings. The highest BCUT2D eigenvalue weighted by Crippen LogP contribution is 2.29. The summed E-state index contributed by atoms with van der Waals surface area (Å²) in [7, 11) is 1.99. The summed E-state index contributed by atoms with van der Waals surface area (Å²) in [6, 6.07) is 0.399. The largest absolute Gasteiger partial charge is 0.477 e. The van der Waals surface area contributed by atoms with Crippen molar-refractivity contribution >= 4 is 22.4 Å². The van der Waals surface area contributed by atoms with Crippen LogP contribution in [0.15, 0.2) is 0 Å². The molecule has 0 radical (unpaired) electrons. The van der Waals surface area contributed by atoms with E-state index in [1.54, 1.807) is 0 Å². The van der Waals surface area contributed by atoms with Gasteiger partial charge in [0, 0.05) is 26.3 Å². The summed E-state index contributed by atoms with van der Waals surface area (Å²) in [4.78, 5) is 18.0. The number of aromatic carboxylic acids is 1. The number of nitrogens with zero attached hydrogens (tertiary/aromatic N) is 2. The van der Waals surface area contributed by atoms with Crippen LogP contribution in [0.2, 0.25) is 0 Å². The maximum Gasteiger partial charge on any atom is 0.347 e. The second-order valence-corrected chi connectivity index (χ2v) is 5.36. The Balaban J connectivity index is 2.19. The van der Waals surface area contributed by atoms with Gasteiger partial charge in [0.2, 0.25) is 0 Å². The average Bonchev–Trinajstić information content (AvgIpc) is 2.83. The molecule has 0 amide bonds. The molecule has 0 aliphatic carbocycles. The summed E-state index contributed by atoms with van der Waals surface area (Å²) >= 11 is 1.27. The zero-order valence-corrected chi connectivity index (χ0v) is 11.5. The van der Waals surface area contributed by atoms with E-state index >= 15 is 0 Å². The van der Waals surface area contributed by atoms with Gasteiger partial charge in [-0.2, -0.15) is 0 Å². The van der Waals surface area contributed by atoms with Crippen molar-refractivity contribution < 1.29 is 14.6 Å².